The highest BCUT2D eigenvalue weighted by Crippen LogP contribution is 2.33. The van der Waals surface area contributed by atoms with Crippen LogP contribution in [0.4, 0.5) is 4.39 Å². The van der Waals surface area contributed by atoms with E-state index in [1.165, 1.54) is 6.07 Å². The number of nitrogens with two attached hydrogens (primary N) is 3. The van der Waals surface area contributed by atoms with Crippen LogP contribution >= 0.6 is 0 Å². The van der Waals surface area contributed by atoms with Crippen molar-refractivity contribution < 1.29 is 4.39 Å². The van der Waals surface area contributed by atoms with E-state index >= 15 is 0 Å². The average Bonchev–Trinajstić information content (AvgIpc) is 2.78. The molecule has 1 aliphatic rings. The summed E-state index contributed by atoms with van der Waals surface area (Å²) in [6.07, 6.45) is 2.85. The molecule has 5 nitrogen and oxygen atoms in total. The Kier molecular flexibility index (Phi) is 4.02. The summed E-state index contributed by atoms with van der Waals surface area (Å²) < 4.78 is 13.2. The third kappa shape index (κ3) is 3.14. The third-order valence-corrected chi connectivity index (χ3v) is 3.22. The van der Waals surface area contributed by atoms with E-state index < -0.39 is 0 Å². The van der Waals surface area contributed by atoms with E-state index in [9.17, 15) is 4.39 Å². The minimum atomic E-state index is -0.207. The van der Waals surface area contributed by atoms with Crippen LogP contribution in [0.15, 0.2) is 34.3 Å². The fraction of sp³-hybridized carbons (Fsp3) is 0.286. The predicted octanol–water partition coefficient (Wildman–Crippen LogP) is 0.989. The van der Waals surface area contributed by atoms with Crippen LogP contribution in [0, 0.1) is 11.7 Å². The molecule has 0 radical (unpaired) electrons. The number of halogens is 1. The molecule has 0 bridgehead atoms. The first-order valence-corrected chi connectivity index (χ1v) is 6.35. The monoisotopic (exact) mass is 275 g/mol. The smallest absolute Gasteiger partial charge is 0.218 e. The largest absolute Gasteiger partial charge is 0.370 e. The maximum absolute atomic E-state index is 13.2. The maximum Gasteiger partial charge on any atom is 0.218 e. The lowest BCUT2D eigenvalue weighted by molar-refractivity contribution is 0.626. The molecule has 0 aromatic heterocycles. The number of hydrogen-bond donors (Lipinski definition) is 3. The van der Waals surface area contributed by atoms with Gasteiger partial charge in [0.15, 0.2) is 5.96 Å². The zero-order valence-electron chi connectivity index (χ0n) is 11.3. The highest BCUT2D eigenvalue weighted by Gasteiger charge is 2.19. The molecule has 6 N–H and O–H groups in total. The fourth-order valence-corrected chi connectivity index (χ4v) is 2.31. The van der Waals surface area contributed by atoms with Crippen molar-refractivity contribution in [2.24, 2.45) is 33.1 Å². The van der Waals surface area contributed by atoms with E-state index in [4.69, 9.17) is 17.2 Å². The second-order valence-electron chi connectivity index (χ2n) is 4.80. The SMILES string of the molecule is CC(CN=C(N)N=C(N)N)C1=CCc2cc(F)ccc21. The normalized spacial score (nSPS) is 15.5. The summed E-state index contributed by atoms with van der Waals surface area (Å²) >= 11 is 0. The topological polar surface area (TPSA) is 103 Å². The van der Waals surface area contributed by atoms with Crippen LogP contribution in [0.2, 0.25) is 0 Å². The van der Waals surface area contributed by atoms with E-state index in [2.05, 4.69) is 16.1 Å². The zero-order valence-corrected chi connectivity index (χ0v) is 11.3. The van der Waals surface area contributed by atoms with E-state index in [1.54, 1.807) is 6.07 Å². The minimum absolute atomic E-state index is 0.0646. The summed E-state index contributed by atoms with van der Waals surface area (Å²) in [6, 6.07) is 4.85. The lowest BCUT2D eigenvalue weighted by atomic mass is 9.95. The molecule has 1 aliphatic carbocycles. The molecule has 1 atom stereocenters. The first-order chi connectivity index (χ1) is 9.47. The molecule has 0 fully saturated rings. The number of allylic oxidation sites excluding steroid dienone is 1. The first-order valence-electron chi connectivity index (χ1n) is 6.35. The van der Waals surface area contributed by atoms with Crippen LogP contribution in [-0.2, 0) is 6.42 Å². The van der Waals surface area contributed by atoms with Crippen molar-refractivity contribution in [1.82, 2.24) is 0 Å². The Morgan fingerprint density at radius 3 is 2.80 bits per heavy atom. The zero-order chi connectivity index (χ0) is 14.7. The first kappa shape index (κ1) is 14.0. The van der Waals surface area contributed by atoms with Crippen LogP contribution in [0.5, 0.6) is 0 Å². The van der Waals surface area contributed by atoms with Gasteiger partial charge in [0, 0.05) is 12.5 Å². The second kappa shape index (κ2) is 5.73. The van der Waals surface area contributed by atoms with Crippen LogP contribution < -0.4 is 17.2 Å². The molecule has 20 heavy (non-hydrogen) atoms. The van der Waals surface area contributed by atoms with Gasteiger partial charge in [0.2, 0.25) is 5.96 Å². The Bertz CT molecular complexity index is 600. The number of aliphatic imine (C=N–C) groups is 2. The highest BCUT2D eigenvalue weighted by molar-refractivity contribution is 5.92. The molecule has 0 aliphatic heterocycles. The number of guanidine groups is 2. The van der Waals surface area contributed by atoms with Crippen molar-refractivity contribution in [3.8, 4) is 0 Å². The van der Waals surface area contributed by atoms with Crippen molar-refractivity contribution in [2.75, 3.05) is 6.54 Å². The Balaban J connectivity index is 2.09. The summed E-state index contributed by atoms with van der Waals surface area (Å²) in [7, 11) is 0. The van der Waals surface area contributed by atoms with Gasteiger partial charge in [-0.25, -0.2) is 4.39 Å². The van der Waals surface area contributed by atoms with Crippen LogP contribution in [0.3, 0.4) is 0 Å². The molecule has 0 heterocycles. The molecule has 0 amide bonds. The number of benzene rings is 1. The summed E-state index contributed by atoms with van der Waals surface area (Å²) in [5, 5.41) is 0. The second-order valence-corrected chi connectivity index (χ2v) is 4.80. The molecular weight excluding hydrogens is 257 g/mol. The van der Waals surface area contributed by atoms with Gasteiger partial charge in [-0.15, -0.1) is 0 Å². The summed E-state index contributed by atoms with van der Waals surface area (Å²) in [5.74, 6) is -0.0925. The van der Waals surface area contributed by atoms with E-state index in [1.807, 2.05) is 13.0 Å². The fourth-order valence-electron chi connectivity index (χ4n) is 2.31. The summed E-state index contributed by atoms with van der Waals surface area (Å²) in [4.78, 5) is 7.79. The van der Waals surface area contributed by atoms with Gasteiger partial charge in [-0.05, 0) is 35.3 Å². The highest BCUT2D eigenvalue weighted by atomic mass is 19.1. The Morgan fingerprint density at radius 1 is 1.35 bits per heavy atom. The Hall–Kier alpha value is -2.37. The molecule has 1 aromatic rings. The molecular formula is C14H18FN5. The van der Waals surface area contributed by atoms with Crippen LogP contribution in [0.25, 0.3) is 5.57 Å². The van der Waals surface area contributed by atoms with Crippen molar-refractivity contribution in [2.45, 2.75) is 13.3 Å². The number of hydrogen-bond acceptors (Lipinski definition) is 1. The van der Waals surface area contributed by atoms with Crippen LogP contribution in [-0.4, -0.2) is 18.5 Å². The molecule has 2 rings (SSSR count). The standard InChI is InChI=1S/C14H18FN5/c1-8(7-19-14(18)20-13(16)17)11-4-2-9-6-10(15)3-5-12(9)11/h3-6,8H,2,7H2,1H3,(H6,16,17,18,19,20). The number of rotatable bonds is 3. The van der Waals surface area contributed by atoms with Crippen molar-refractivity contribution >= 4 is 17.5 Å². The molecule has 106 valence electrons. The summed E-state index contributed by atoms with van der Waals surface area (Å²) in [6.45, 7) is 2.52. The Labute approximate surface area is 117 Å². The maximum atomic E-state index is 13.2. The third-order valence-electron chi connectivity index (χ3n) is 3.22. The van der Waals surface area contributed by atoms with Gasteiger partial charge >= 0.3 is 0 Å². The predicted molar refractivity (Wildman–Crippen MR) is 79.5 cm³/mol. The quantitative estimate of drug-likeness (QED) is 0.566. The molecule has 0 saturated carbocycles. The molecule has 0 spiro atoms. The van der Waals surface area contributed by atoms with E-state index in [-0.39, 0.29) is 23.7 Å². The average molecular weight is 275 g/mol. The van der Waals surface area contributed by atoms with E-state index in [0.29, 0.717) is 6.54 Å². The molecule has 6 heteroatoms. The van der Waals surface area contributed by atoms with Crippen molar-refractivity contribution in [1.29, 1.82) is 0 Å². The lowest BCUT2D eigenvalue weighted by Crippen LogP contribution is -2.26. The number of fused-ring (bicyclic) bond motifs is 1. The lowest BCUT2D eigenvalue weighted by Gasteiger charge is -2.12. The minimum Gasteiger partial charge on any atom is -0.370 e. The molecule has 1 aromatic carbocycles. The van der Waals surface area contributed by atoms with Gasteiger partial charge in [-0.2, -0.15) is 4.99 Å². The van der Waals surface area contributed by atoms with E-state index in [0.717, 1.165) is 23.1 Å². The van der Waals surface area contributed by atoms with Gasteiger partial charge in [-0.1, -0.05) is 19.1 Å². The molecule has 0 saturated heterocycles. The van der Waals surface area contributed by atoms with Gasteiger partial charge in [0.25, 0.3) is 0 Å². The van der Waals surface area contributed by atoms with Crippen molar-refractivity contribution in [3.63, 3.8) is 0 Å². The van der Waals surface area contributed by atoms with Crippen LogP contribution in [0.1, 0.15) is 18.1 Å². The summed E-state index contributed by atoms with van der Waals surface area (Å²) in [5.41, 5.74) is 19.2. The van der Waals surface area contributed by atoms with Crippen molar-refractivity contribution in [3.05, 3.63) is 41.2 Å². The van der Waals surface area contributed by atoms with Gasteiger partial charge < -0.3 is 17.2 Å². The Morgan fingerprint density at radius 2 is 2.10 bits per heavy atom. The van der Waals surface area contributed by atoms with Gasteiger partial charge in [0.1, 0.15) is 5.82 Å². The van der Waals surface area contributed by atoms with Gasteiger partial charge in [-0.3, -0.25) is 4.99 Å². The van der Waals surface area contributed by atoms with Gasteiger partial charge in [0.05, 0.1) is 0 Å². The molecule has 1 unspecified atom stereocenters. The number of nitrogens with zero attached hydrogens (tertiary/aromatic N) is 2.